The summed E-state index contributed by atoms with van der Waals surface area (Å²) in [5.41, 5.74) is 0.992. The van der Waals surface area contributed by atoms with Gasteiger partial charge in [-0.1, -0.05) is 0 Å². The van der Waals surface area contributed by atoms with Gasteiger partial charge in [0.15, 0.2) is 0 Å². The predicted molar refractivity (Wildman–Crippen MR) is 79.8 cm³/mol. The monoisotopic (exact) mass is 351 g/mol. The van der Waals surface area contributed by atoms with Crippen LogP contribution in [-0.2, 0) is 11.3 Å². The number of hydrogen-bond donors (Lipinski definition) is 3. The minimum Gasteiger partial charge on any atom is -0.356 e. The summed E-state index contributed by atoms with van der Waals surface area (Å²) in [5.74, 6) is -0.325. The normalized spacial score (nSPS) is 14.0. The van der Waals surface area contributed by atoms with Gasteiger partial charge in [0.05, 0.1) is 11.9 Å². The van der Waals surface area contributed by atoms with E-state index in [2.05, 4.69) is 36.6 Å². The summed E-state index contributed by atoms with van der Waals surface area (Å²) in [4.78, 5) is 26.4. The number of nitrogens with zero attached hydrogens (tertiary/aromatic N) is 2. The Hall–Kier alpha value is -2.09. The third-order valence-electron chi connectivity index (χ3n) is 3.03. The van der Waals surface area contributed by atoms with Crippen LogP contribution >= 0.6 is 15.9 Å². The zero-order valence-corrected chi connectivity index (χ0v) is 12.7. The van der Waals surface area contributed by atoms with Gasteiger partial charge in [0.2, 0.25) is 5.91 Å². The second kappa shape index (κ2) is 5.72. The number of aromatic nitrogens is 3. The Morgan fingerprint density at radius 2 is 2.29 bits per heavy atom. The van der Waals surface area contributed by atoms with E-state index in [1.165, 1.54) is 10.9 Å². The van der Waals surface area contributed by atoms with E-state index in [0.29, 0.717) is 17.4 Å². The number of carbonyl (C=O) groups excluding carboxylic acids is 2. The highest BCUT2D eigenvalue weighted by atomic mass is 79.9. The molecule has 1 fully saturated rings. The largest absolute Gasteiger partial charge is 0.356 e. The fraction of sp³-hybridized carbons (Fsp3) is 0.308. The second-order valence-corrected chi connectivity index (χ2v) is 5.87. The molecule has 0 aliphatic heterocycles. The summed E-state index contributed by atoms with van der Waals surface area (Å²) in [7, 11) is 0. The summed E-state index contributed by atoms with van der Waals surface area (Å²) in [6.45, 7) is 0.153. The average molecular weight is 352 g/mol. The standard InChI is InChI=1S/C13H14BrN5O2/c14-8-3-11(15-4-8)13(21)18-10-5-16-19(6-10)7-12(20)17-9-1-2-9/h3-6,9,15H,1-2,7H2,(H,17,20)(H,18,21). The molecule has 3 N–H and O–H groups in total. The molecule has 0 atom stereocenters. The number of hydrogen-bond acceptors (Lipinski definition) is 3. The number of nitrogens with one attached hydrogen (secondary N) is 3. The van der Waals surface area contributed by atoms with Crippen LogP contribution in [0.3, 0.4) is 0 Å². The van der Waals surface area contributed by atoms with Crippen molar-refractivity contribution < 1.29 is 9.59 Å². The summed E-state index contributed by atoms with van der Waals surface area (Å²) in [6, 6.07) is 2.02. The molecule has 0 aromatic carbocycles. The number of aromatic amines is 1. The molecule has 2 heterocycles. The van der Waals surface area contributed by atoms with Crippen molar-refractivity contribution in [2.45, 2.75) is 25.4 Å². The molecule has 1 saturated carbocycles. The molecule has 0 unspecified atom stereocenters. The molecule has 110 valence electrons. The molecular formula is C13H14BrN5O2. The molecule has 2 aromatic heterocycles. The molecule has 2 aromatic rings. The lowest BCUT2D eigenvalue weighted by Gasteiger charge is -2.03. The van der Waals surface area contributed by atoms with Crippen molar-refractivity contribution in [3.05, 3.63) is 34.8 Å². The summed E-state index contributed by atoms with van der Waals surface area (Å²) < 4.78 is 2.30. The van der Waals surface area contributed by atoms with Crippen LogP contribution in [0.1, 0.15) is 23.3 Å². The van der Waals surface area contributed by atoms with E-state index in [-0.39, 0.29) is 18.4 Å². The van der Waals surface area contributed by atoms with Crippen molar-refractivity contribution in [2.24, 2.45) is 0 Å². The first-order valence-electron chi connectivity index (χ1n) is 6.57. The van der Waals surface area contributed by atoms with Crippen LogP contribution in [0.2, 0.25) is 0 Å². The molecule has 0 saturated heterocycles. The van der Waals surface area contributed by atoms with Crippen LogP contribution in [0.25, 0.3) is 0 Å². The van der Waals surface area contributed by atoms with Gasteiger partial charge < -0.3 is 15.6 Å². The first kappa shape index (κ1) is 13.9. The van der Waals surface area contributed by atoms with Crippen molar-refractivity contribution in [3.8, 4) is 0 Å². The molecule has 2 amide bonds. The average Bonchev–Trinajstić information content (AvgIpc) is 2.95. The number of H-pyrrole nitrogens is 1. The van der Waals surface area contributed by atoms with Crippen LogP contribution in [0.5, 0.6) is 0 Å². The molecule has 8 heteroatoms. The lowest BCUT2D eigenvalue weighted by molar-refractivity contribution is -0.122. The van der Waals surface area contributed by atoms with Gasteiger partial charge in [0.1, 0.15) is 12.2 Å². The van der Waals surface area contributed by atoms with Crippen LogP contribution in [0, 0.1) is 0 Å². The number of anilines is 1. The lowest BCUT2D eigenvalue weighted by atomic mass is 10.4. The molecule has 7 nitrogen and oxygen atoms in total. The van der Waals surface area contributed by atoms with Crippen molar-refractivity contribution in [3.63, 3.8) is 0 Å². The van der Waals surface area contributed by atoms with Gasteiger partial charge in [-0.3, -0.25) is 14.3 Å². The Morgan fingerprint density at radius 1 is 1.48 bits per heavy atom. The van der Waals surface area contributed by atoms with Crippen LogP contribution in [0.15, 0.2) is 29.1 Å². The van der Waals surface area contributed by atoms with Crippen LogP contribution in [-0.4, -0.2) is 32.6 Å². The van der Waals surface area contributed by atoms with E-state index in [1.807, 2.05) is 0 Å². The molecule has 0 bridgehead atoms. The van der Waals surface area contributed by atoms with E-state index in [9.17, 15) is 9.59 Å². The number of rotatable bonds is 5. The maximum atomic E-state index is 11.9. The Balaban J connectivity index is 1.56. The lowest BCUT2D eigenvalue weighted by Crippen LogP contribution is -2.29. The Labute approximate surface area is 129 Å². The number of amides is 2. The van der Waals surface area contributed by atoms with Crippen molar-refractivity contribution in [2.75, 3.05) is 5.32 Å². The van der Waals surface area contributed by atoms with E-state index < -0.39 is 0 Å². The summed E-state index contributed by atoms with van der Waals surface area (Å²) in [5, 5.41) is 9.65. The minimum absolute atomic E-state index is 0.0632. The molecular weight excluding hydrogens is 338 g/mol. The SMILES string of the molecule is O=C(Cn1cc(NC(=O)c2cc(Br)c[nH]2)cn1)NC1CC1. The Kier molecular flexibility index (Phi) is 3.78. The fourth-order valence-electron chi connectivity index (χ4n) is 1.86. The van der Waals surface area contributed by atoms with E-state index >= 15 is 0 Å². The van der Waals surface area contributed by atoms with Gasteiger partial charge in [-0.2, -0.15) is 5.10 Å². The summed E-state index contributed by atoms with van der Waals surface area (Å²) >= 11 is 3.27. The highest BCUT2D eigenvalue weighted by Gasteiger charge is 2.23. The van der Waals surface area contributed by atoms with Gasteiger partial charge >= 0.3 is 0 Å². The topological polar surface area (TPSA) is 91.8 Å². The molecule has 0 spiro atoms. The predicted octanol–water partition coefficient (Wildman–Crippen LogP) is 1.50. The highest BCUT2D eigenvalue weighted by Crippen LogP contribution is 2.18. The number of halogens is 1. The third kappa shape index (κ3) is 3.72. The first-order chi connectivity index (χ1) is 10.1. The van der Waals surface area contributed by atoms with E-state index in [0.717, 1.165) is 17.3 Å². The minimum atomic E-state index is -0.261. The molecule has 0 radical (unpaired) electrons. The first-order valence-corrected chi connectivity index (χ1v) is 7.36. The number of carbonyl (C=O) groups is 2. The van der Waals surface area contributed by atoms with Gasteiger partial charge in [0.25, 0.3) is 5.91 Å². The highest BCUT2D eigenvalue weighted by molar-refractivity contribution is 9.10. The Bertz CT molecular complexity index is 674. The van der Waals surface area contributed by atoms with Gasteiger partial charge in [0, 0.05) is 22.9 Å². The van der Waals surface area contributed by atoms with Crippen LogP contribution in [0.4, 0.5) is 5.69 Å². The Morgan fingerprint density at radius 3 is 2.95 bits per heavy atom. The van der Waals surface area contributed by atoms with E-state index in [4.69, 9.17) is 0 Å². The van der Waals surface area contributed by atoms with Crippen molar-refractivity contribution in [1.82, 2.24) is 20.1 Å². The van der Waals surface area contributed by atoms with Gasteiger partial charge in [-0.15, -0.1) is 0 Å². The molecule has 1 aliphatic carbocycles. The van der Waals surface area contributed by atoms with Gasteiger partial charge in [-0.05, 0) is 34.8 Å². The fourth-order valence-corrected chi connectivity index (χ4v) is 2.20. The third-order valence-corrected chi connectivity index (χ3v) is 3.49. The van der Waals surface area contributed by atoms with Gasteiger partial charge in [-0.25, -0.2) is 0 Å². The maximum Gasteiger partial charge on any atom is 0.272 e. The molecule has 3 rings (SSSR count). The van der Waals surface area contributed by atoms with E-state index in [1.54, 1.807) is 18.5 Å². The van der Waals surface area contributed by atoms with Crippen molar-refractivity contribution in [1.29, 1.82) is 0 Å². The van der Waals surface area contributed by atoms with Crippen molar-refractivity contribution >= 4 is 33.4 Å². The summed E-state index contributed by atoms with van der Waals surface area (Å²) in [6.07, 6.45) is 6.93. The maximum absolute atomic E-state index is 11.9. The second-order valence-electron chi connectivity index (χ2n) is 4.95. The molecule has 1 aliphatic rings. The quantitative estimate of drug-likeness (QED) is 0.762. The van der Waals surface area contributed by atoms with Crippen LogP contribution < -0.4 is 10.6 Å². The molecule has 21 heavy (non-hydrogen) atoms. The zero-order valence-electron chi connectivity index (χ0n) is 11.1. The zero-order chi connectivity index (χ0) is 14.8. The smallest absolute Gasteiger partial charge is 0.272 e.